The standard InChI is InChI=1S/C20H24F3N3O/c1-3-24-18(26-14-19(2,27)16-7-5-4-6-8-16)25-13-15-9-11-17(12-10-15)20(21,22)23/h4-12,27H,3,13-14H2,1-2H3,(H2,24,25,26). The van der Waals surface area contributed by atoms with Crippen molar-refractivity contribution in [1.82, 2.24) is 10.6 Å². The molecule has 0 amide bonds. The van der Waals surface area contributed by atoms with Gasteiger partial charge in [-0.1, -0.05) is 42.5 Å². The van der Waals surface area contributed by atoms with E-state index in [9.17, 15) is 18.3 Å². The first-order chi connectivity index (χ1) is 12.7. The van der Waals surface area contributed by atoms with Gasteiger partial charge >= 0.3 is 6.18 Å². The van der Waals surface area contributed by atoms with E-state index in [4.69, 9.17) is 0 Å². The molecule has 0 bridgehead atoms. The molecule has 4 nitrogen and oxygen atoms in total. The number of aliphatic hydroxyl groups is 1. The highest BCUT2D eigenvalue weighted by atomic mass is 19.4. The number of aliphatic imine (C=N–C) groups is 1. The van der Waals surface area contributed by atoms with Gasteiger partial charge in [0.2, 0.25) is 0 Å². The molecule has 27 heavy (non-hydrogen) atoms. The van der Waals surface area contributed by atoms with Crippen LogP contribution in [0.2, 0.25) is 0 Å². The Labute approximate surface area is 157 Å². The third-order valence-electron chi connectivity index (χ3n) is 4.04. The summed E-state index contributed by atoms with van der Waals surface area (Å²) in [5.41, 5.74) is -0.337. The normalized spacial score (nSPS) is 14.5. The fourth-order valence-corrected chi connectivity index (χ4v) is 2.47. The molecule has 146 valence electrons. The molecule has 1 atom stereocenters. The predicted octanol–water partition coefficient (Wildman–Crippen LogP) is 3.67. The van der Waals surface area contributed by atoms with E-state index >= 15 is 0 Å². The van der Waals surface area contributed by atoms with E-state index in [-0.39, 0.29) is 13.1 Å². The summed E-state index contributed by atoms with van der Waals surface area (Å²) < 4.78 is 37.8. The summed E-state index contributed by atoms with van der Waals surface area (Å²) >= 11 is 0. The quantitative estimate of drug-likeness (QED) is 0.530. The molecule has 0 saturated carbocycles. The monoisotopic (exact) mass is 379 g/mol. The highest BCUT2D eigenvalue weighted by Crippen LogP contribution is 2.29. The number of alkyl halides is 3. The van der Waals surface area contributed by atoms with Crippen LogP contribution >= 0.6 is 0 Å². The summed E-state index contributed by atoms with van der Waals surface area (Å²) in [5, 5.41) is 16.8. The second-order valence-corrected chi connectivity index (χ2v) is 6.38. The summed E-state index contributed by atoms with van der Waals surface area (Å²) in [5.74, 6) is 0.480. The maximum absolute atomic E-state index is 12.6. The van der Waals surface area contributed by atoms with Crippen LogP contribution in [0, 0.1) is 0 Å². The molecule has 0 saturated heterocycles. The molecule has 0 aliphatic heterocycles. The van der Waals surface area contributed by atoms with Gasteiger partial charge in [0.1, 0.15) is 5.60 Å². The van der Waals surface area contributed by atoms with Crippen molar-refractivity contribution in [3.8, 4) is 0 Å². The average Bonchev–Trinajstić information content (AvgIpc) is 2.64. The van der Waals surface area contributed by atoms with Crippen LogP contribution in [-0.2, 0) is 18.3 Å². The summed E-state index contributed by atoms with van der Waals surface area (Å²) in [7, 11) is 0. The van der Waals surface area contributed by atoms with Gasteiger partial charge in [-0.3, -0.25) is 0 Å². The number of hydrogen-bond donors (Lipinski definition) is 3. The van der Waals surface area contributed by atoms with E-state index in [0.29, 0.717) is 18.1 Å². The van der Waals surface area contributed by atoms with Crippen molar-refractivity contribution in [3.05, 3.63) is 71.3 Å². The third kappa shape index (κ3) is 6.29. The Morgan fingerprint density at radius 1 is 0.963 bits per heavy atom. The molecule has 1 unspecified atom stereocenters. The summed E-state index contributed by atoms with van der Waals surface area (Å²) in [6.45, 7) is 4.68. The molecule has 0 heterocycles. The lowest BCUT2D eigenvalue weighted by Crippen LogP contribution is -2.44. The largest absolute Gasteiger partial charge is 0.416 e. The van der Waals surface area contributed by atoms with Crippen LogP contribution in [-0.4, -0.2) is 24.2 Å². The minimum absolute atomic E-state index is 0.223. The molecule has 0 fully saturated rings. The van der Waals surface area contributed by atoms with E-state index in [1.807, 2.05) is 37.3 Å². The number of nitrogens with zero attached hydrogens (tertiary/aromatic N) is 1. The number of halogens is 3. The Kier molecular flexibility index (Phi) is 6.85. The predicted molar refractivity (Wildman–Crippen MR) is 100 cm³/mol. The van der Waals surface area contributed by atoms with Gasteiger partial charge in [-0.2, -0.15) is 13.2 Å². The molecule has 0 aliphatic rings. The second-order valence-electron chi connectivity index (χ2n) is 6.38. The minimum atomic E-state index is -4.35. The van der Waals surface area contributed by atoms with Crippen LogP contribution in [0.15, 0.2) is 59.6 Å². The summed E-state index contributed by atoms with van der Waals surface area (Å²) in [6, 6.07) is 14.2. The highest BCUT2D eigenvalue weighted by Gasteiger charge is 2.29. The Morgan fingerprint density at radius 2 is 1.59 bits per heavy atom. The fourth-order valence-electron chi connectivity index (χ4n) is 2.47. The molecular weight excluding hydrogens is 355 g/mol. The van der Waals surface area contributed by atoms with Gasteiger partial charge in [0, 0.05) is 6.54 Å². The maximum Gasteiger partial charge on any atom is 0.416 e. The topological polar surface area (TPSA) is 56.7 Å². The molecular formula is C20H24F3N3O. The molecule has 0 radical (unpaired) electrons. The molecule has 0 aliphatic carbocycles. The van der Waals surface area contributed by atoms with Crippen molar-refractivity contribution in [2.75, 3.05) is 13.1 Å². The average molecular weight is 379 g/mol. The number of benzene rings is 2. The van der Waals surface area contributed by atoms with Gasteiger partial charge in [0.25, 0.3) is 0 Å². The van der Waals surface area contributed by atoms with Gasteiger partial charge in [-0.15, -0.1) is 0 Å². The van der Waals surface area contributed by atoms with Gasteiger partial charge in [-0.05, 0) is 37.1 Å². The number of hydrogen-bond acceptors (Lipinski definition) is 2. The Morgan fingerprint density at radius 3 is 2.15 bits per heavy atom. The van der Waals surface area contributed by atoms with E-state index in [1.165, 1.54) is 12.1 Å². The van der Waals surface area contributed by atoms with Crippen molar-refractivity contribution in [2.24, 2.45) is 4.99 Å². The van der Waals surface area contributed by atoms with E-state index < -0.39 is 17.3 Å². The minimum Gasteiger partial charge on any atom is -0.384 e. The van der Waals surface area contributed by atoms with Crippen molar-refractivity contribution < 1.29 is 18.3 Å². The lowest BCUT2D eigenvalue weighted by Gasteiger charge is -2.25. The van der Waals surface area contributed by atoms with E-state index in [2.05, 4.69) is 15.6 Å². The van der Waals surface area contributed by atoms with Gasteiger partial charge in [-0.25, -0.2) is 4.99 Å². The first-order valence-corrected chi connectivity index (χ1v) is 8.68. The van der Waals surface area contributed by atoms with Gasteiger partial charge in [0.05, 0.1) is 18.7 Å². The van der Waals surface area contributed by atoms with Gasteiger partial charge < -0.3 is 15.7 Å². The molecule has 0 aromatic heterocycles. The van der Waals surface area contributed by atoms with Crippen LogP contribution in [0.3, 0.4) is 0 Å². The molecule has 3 N–H and O–H groups in total. The number of nitrogens with one attached hydrogen (secondary N) is 2. The zero-order valence-corrected chi connectivity index (χ0v) is 15.3. The first kappa shape index (κ1) is 20.8. The van der Waals surface area contributed by atoms with E-state index in [1.54, 1.807) is 6.92 Å². The van der Waals surface area contributed by atoms with Gasteiger partial charge in [0.15, 0.2) is 5.96 Å². The zero-order chi connectivity index (χ0) is 19.9. The molecule has 0 spiro atoms. The fraction of sp³-hybridized carbons (Fsp3) is 0.350. The molecule has 2 aromatic carbocycles. The Hall–Kier alpha value is -2.54. The molecule has 2 rings (SSSR count). The summed E-state index contributed by atoms with van der Waals surface area (Å²) in [4.78, 5) is 4.37. The highest BCUT2D eigenvalue weighted by molar-refractivity contribution is 5.79. The SMILES string of the molecule is CCNC(=NCc1ccc(C(F)(F)F)cc1)NCC(C)(O)c1ccccc1. The van der Waals surface area contributed by atoms with E-state index in [0.717, 1.165) is 17.7 Å². The van der Waals surface area contributed by atoms with Crippen LogP contribution in [0.5, 0.6) is 0 Å². The van der Waals surface area contributed by atoms with Crippen molar-refractivity contribution in [2.45, 2.75) is 32.2 Å². The zero-order valence-electron chi connectivity index (χ0n) is 15.3. The number of rotatable bonds is 6. The molecule has 2 aromatic rings. The van der Waals surface area contributed by atoms with Crippen molar-refractivity contribution >= 4 is 5.96 Å². The van der Waals surface area contributed by atoms with Crippen molar-refractivity contribution in [1.29, 1.82) is 0 Å². The number of guanidine groups is 1. The smallest absolute Gasteiger partial charge is 0.384 e. The maximum atomic E-state index is 12.6. The van der Waals surface area contributed by atoms with Crippen LogP contribution in [0.1, 0.15) is 30.5 Å². The Balaban J connectivity index is 2.01. The van der Waals surface area contributed by atoms with Crippen LogP contribution in [0.25, 0.3) is 0 Å². The summed E-state index contributed by atoms with van der Waals surface area (Å²) in [6.07, 6.45) is -4.35. The van der Waals surface area contributed by atoms with Crippen LogP contribution < -0.4 is 10.6 Å². The molecule has 7 heteroatoms. The lowest BCUT2D eigenvalue weighted by atomic mass is 9.96. The third-order valence-corrected chi connectivity index (χ3v) is 4.04. The first-order valence-electron chi connectivity index (χ1n) is 8.68. The lowest BCUT2D eigenvalue weighted by molar-refractivity contribution is -0.137. The second kappa shape index (κ2) is 8.90. The van der Waals surface area contributed by atoms with Crippen LogP contribution in [0.4, 0.5) is 13.2 Å². The Bertz CT molecular complexity index is 741. The van der Waals surface area contributed by atoms with Crippen molar-refractivity contribution in [3.63, 3.8) is 0 Å².